The van der Waals surface area contributed by atoms with Gasteiger partial charge in [-0.3, -0.25) is 9.59 Å². The third-order valence-electron chi connectivity index (χ3n) is 5.80. The molecule has 0 bridgehead atoms. The van der Waals surface area contributed by atoms with Gasteiger partial charge in [-0.05, 0) is 43.5 Å². The molecule has 1 aromatic heterocycles. The van der Waals surface area contributed by atoms with E-state index in [-0.39, 0.29) is 18.4 Å². The molecule has 1 aromatic carbocycles. The molecule has 2 aromatic rings. The number of nitrogens with zero attached hydrogens (tertiary/aromatic N) is 3. The van der Waals surface area contributed by atoms with Crippen molar-refractivity contribution in [2.24, 2.45) is 5.92 Å². The summed E-state index contributed by atoms with van der Waals surface area (Å²) in [6, 6.07) is 5.63. The number of hydrogen-bond donors (Lipinski definition) is 1. The van der Waals surface area contributed by atoms with Crippen LogP contribution >= 0.6 is 0 Å². The van der Waals surface area contributed by atoms with Gasteiger partial charge in [0.15, 0.2) is 0 Å². The summed E-state index contributed by atoms with van der Waals surface area (Å²) in [5.74, 6) is -3.29. The van der Waals surface area contributed by atoms with Crippen LogP contribution in [0.3, 0.4) is 0 Å². The van der Waals surface area contributed by atoms with E-state index in [1.807, 2.05) is 4.90 Å². The number of halogens is 2. The Balaban J connectivity index is 1.66. The summed E-state index contributed by atoms with van der Waals surface area (Å²) < 4.78 is 33.1. The fraction of sp³-hybridized carbons (Fsp3) is 0.440. The lowest BCUT2D eigenvalue weighted by atomic mass is 10.0. The molecule has 1 aliphatic heterocycles. The Morgan fingerprint density at radius 2 is 1.77 bits per heavy atom. The van der Waals surface area contributed by atoms with Gasteiger partial charge in [-0.25, -0.2) is 18.6 Å². The molecule has 1 N–H and O–H groups in total. The third-order valence-corrected chi connectivity index (χ3v) is 5.80. The van der Waals surface area contributed by atoms with E-state index in [1.54, 1.807) is 37.8 Å². The van der Waals surface area contributed by atoms with Crippen LogP contribution in [-0.4, -0.2) is 66.5 Å². The van der Waals surface area contributed by atoms with Crippen LogP contribution in [0.4, 0.5) is 14.6 Å². The van der Waals surface area contributed by atoms with E-state index in [0.29, 0.717) is 44.0 Å². The Labute approximate surface area is 203 Å². The topological polar surface area (TPSA) is 91.8 Å². The van der Waals surface area contributed by atoms with Crippen molar-refractivity contribution in [3.8, 4) is 0 Å². The third kappa shape index (κ3) is 6.32. The second-order valence-electron chi connectivity index (χ2n) is 8.58. The van der Waals surface area contributed by atoms with E-state index in [1.165, 1.54) is 12.3 Å². The van der Waals surface area contributed by atoms with E-state index < -0.39 is 35.1 Å². The minimum atomic E-state index is -0.982. The first-order chi connectivity index (χ1) is 16.7. The van der Waals surface area contributed by atoms with Crippen molar-refractivity contribution >= 4 is 23.6 Å². The van der Waals surface area contributed by atoms with Crippen LogP contribution in [0.5, 0.6) is 0 Å². The molecular formula is C25H30F2N4O4. The Morgan fingerprint density at radius 3 is 2.37 bits per heavy atom. The van der Waals surface area contributed by atoms with Crippen LogP contribution in [0.1, 0.15) is 47.9 Å². The number of aromatic nitrogens is 1. The Bertz CT molecular complexity index is 1040. The summed E-state index contributed by atoms with van der Waals surface area (Å²) in [5, 5.41) is 2.52. The maximum atomic E-state index is 14.0. The number of carbonyl (C=O) groups excluding carboxylic acids is 3. The van der Waals surface area contributed by atoms with Crippen molar-refractivity contribution < 1.29 is 27.9 Å². The van der Waals surface area contributed by atoms with Crippen molar-refractivity contribution in [1.82, 2.24) is 15.2 Å². The van der Waals surface area contributed by atoms with Crippen molar-refractivity contribution in [1.29, 1.82) is 0 Å². The SMILES string of the molecule is CCOC(=O)c1ccc(N2CCCN(C(=O)[C@@H](NC(=O)c3c(F)cccc3F)C(C)C)CC2)nc1. The first-order valence-corrected chi connectivity index (χ1v) is 11.6. The highest BCUT2D eigenvalue weighted by atomic mass is 19.1. The summed E-state index contributed by atoms with van der Waals surface area (Å²) in [6.07, 6.45) is 2.13. The van der Waals surface area contributed by atoms with Crippen LogP contribution in [0.2, 0.25) is 0 Å². The molecule has 0 radical (unpaired) electrons. The van der Waals surface area contributed by atoms with Crippen molar-refractivity contribution in [2.75, 3.05) is 37.7 Å². The molecular weight excluding hydrogens is 458 g/mol. The van der Waals surface area contributed by atoms with E-state index in [9.17, 15) is 23.2 Å². The summed E-state index contributed by atoms with van der Waals surface area (Å²) in [6.45, 7) is 7.53. The maximum Gasteiger partial charge on any atom is 0.339 e. The lowest BCUT2D eigenvalue weighted by Gasteiger charge is -2.29. The molecule has 1 saturated heterocycles. The zero-order valence-electron chi connectivity index (χ0n) is 20.1. The van der Waals surface area contributed by atoms with Crippen LogP contribution < -0.4 is 10.2 Å². The zero-order valence-corrected chi connectivity index (χ0v) is 20.1. The molecule has 1 fully saturated rings. The minimum absolute atomic E-state index is 0.281. The molecule has 0 unspecified atom stereocenters. The van der Waals surface area contributed by atoms with Crippen LogP contribution in [-0.2, 0) is 9.53 Å². The molecule has 2 heterocycles. The normalized spacial score (nSPS) is 14.9. The van der Waals surface area contributed by atoms with E-state index >= 15 is 0 Å². The van der Waals surface area contributed by atoms with Crippen LogP contribution in [0, 0.1) is 17.6 Å². The van der Waals surface area contributed by atoms with Gasteiger partial charge in [0.1, 0.15) is 29.1 Å². The van der Waals surface area contributed by atoms with Crippen molar-refractivity contribution in [3.63, 3.8) is 0 Å². The van der Waals surface area contributed by atoms with Gasteiger partial charge in [-0.15, -0.1) is 0 Å². The van der Waals surface area contributed by atoms with Gasteiger partial charge in [0.2, 0.25) is 5.91 Å². The quantitative estimate of drug-likeness (QED) is 0.603. The van der Waals surface area contributed by atoms with Gasteiger partial charge in [0.05, 0.1) is 12.2 Å². The molecule has 0 saturated carbocycles. The summed E-state index contributed by atoms with van der Waals surface area (Å²) in [7, 11) is 0. The zero-order chi connectivity index (χ0) is 25.5. The molecule has 35 heavy (non-hydrogen) atoms. The number of pyridine rings is 1. The summed E-state index contributed by atoms with van der Waals surface area (Å²) in [4.78, 5) is 45.8. The van der Waals surface area contributed by atoms with Gasteiger partial charge in [0, 0.05) is 32.4 Å². The molecule has 1 aliphatic rings. The average Bonchev–Trinajstić information content (AvgIpc) is 3.08. The van der Waals surface area contributed by atoms with E-state index in [4.69, 9.17) is 4.74 Å². The van der Waals surface area contributed by atoms with Crippen molar-refractivity contribution in [2.45, 2.75) is 33.2 Å². The number of esters is 1. The highest BCUT2D eigenvalue weighted by molar-refractivity contribution is 5.98. The van der Waals surface area contributed by atoms with Gasteiger partial charge in [-0.1, -0.05) is 19.9 Å². The summed E-state index contributed by atoms with van der Waals surface area (Å²) in [5.41, 5.74) is -0.339. The van der Waals surface area contributed by atoms with Gasteiger partial charge >= 0.3 is 5.97 Å². The predicted molar refractivity (Wildman–Crippen MR) is 126 cm³/mol. The molecule has 8 nitrogen and oxygen atoms in total. The highest BCUT2D eigenvalue weighted by Crippen LogP contribution is 2.18. The number of benzene rings is 1. The Kier molecular flexibility index (Phi) is 8.73. The first kappa shape index (κ1) is 26.1. The van der Waals surface area contributed by atoms with Crippen LogP contribution in [0.15, 0.2) is 36.5 Å². The maximum absolute atomic E-state index is 14.0. The second-order valence-corrected chi connectivity index (χ2v) is 8.58. The lowest BCUT2D eigenvalue weighted by molar-refractivity contribution is -0.134. The number of carbonyl (C=O) groups is 3. The number of rotatable bonds is 7. The van der Waals surface area contributed by atoms with Crippen molar-refractivity contribution in [3.05, 3.63) is 59.3 Å². The number of hydrogen-bond acceptors (Lipinski definition) is 6. The standard InChI is InChI=1S/C25H30F2N4O4/c1-4-35-25(34)17-9-10-20(28-15-17)30-11-6-12-31(14-13-30)24(33)22(16(2)3)29-23(32)21-18(26)7-5-8-19(21)27/h5,7-10,15-16,22H,4,6,11-14H2,1-3H3,(H,29,32)/t22-/m0/s1. The Morgan fingerprint density at radius 1 is 1.06 bits per heavy atom. The molecule has 0 aliphatic carbocycles. The molecule has 3 rings (SSSR count). The Hall–Kier alpha value is -3.56. The number of amides is 2. The minimum Gasteiger partial charge on any atom is -0.462 e. The number of ether oxygens (including phenoxy) is 1. The smallest absolute Gasteiger partial charge is 0.339 e. The fourth-order valence-electron chi connectivity index (χ4n) is 3.91. The molecule has 188 valence electrons. The van der Waals surface area contributed by atoms with Crippen LogP contribution in [0.25, 0.3) is 0 Å². The predicted octanol–water partition coefficient (Wildman–Crippen LogP) is 3.03. The van der Waals surface area contributed by atoms with Gasteiger partial charge in [-0.2, -0.15) is 0 Å². The van der Waals surface area contributed by atoms with E-state index in [2.05, 4.69) is 10.3 Å². The molecule has 10 heteroatoms. The fourth-order valence-corrected chi connectivity index (χ4v) is 3.91. The molecule has 2 amide bonds. The number of nitrogens with one attached hydrogen (secondary N) is 1. The monoisotopic (exact) mass is 488 g/mol. The summed E-state index contributed by atoms with van der Waals surface area (Å²) >= 11 is 0. The van der Waals surface area contributed by atoms with Gasteiger partial charge < -0.3 is 19.9 Å². The largest absolute Gasteiger partial charge is 0.462 e. The van der Waals surface area contributed by atoms with E-state index in [0.717, 1.165) is 12.1 Å². The first-order valence-electron chi connectivity index (χ1n) is 11.6. The lowest BCUT2D eigenvalue weighted by Crippen LogP contribution is -2.52. The molecule has 0 spiro atoms. The molecule has 1 atom stereocenters. The highest BCUT2D eigenvalue weighted by Gasteiger charge is 2.31. The average molecular weight is 489 g/mol. The number of anilines is 1. The second kappa shape index (κ2) is 11.7. The van der Waals surface area contributed by atoms with Gasteiger partial charge in [0.25, 0.3) is 5.91 Å².